The second kappa shape index (κ2) is 4.53. The minimum atomic E-state index is -0.833. The zero-order valence-corrected chi connectivity index (χ0v) is 11.8. The van der Waals surface area contributed by atoms with Gasteiger partial charge in [0.15, 0.2) is 0 Å². The summed E-state index contributed by atoms with van der Waals surface area (Å²) in [6.45, 7) is 3.95. The molecule has 1 aliphatic heterocycles. The van der Waals surface area contributed by atoms with Crippen LogP contribution in [0.25, 0.3) is 10.9 Å². The second-order valence-electron chi connectivity index (χ2n) is 4.94. The zero-order chi connectivity index (χ0) is 13.6. The average Bonchev–Trinajstić information content (AvgIpc) is 2.40. The Bertz CT molecular complexity index is 694. The molecule has 3 nitrogen and oxygen atoms in total. The molecule has 0 fully saturated rings. The number of nitrogens with zero attached hydrogens (tertiary/aromatic N) is 1. The molecule has 2 aromatic rings. The van der Waals surface area contributed by atoms with Crippen molar-refractivity contribution in [1.82, 2.24) is 4.98 Å². The number of carboxylic acids is 1. The number of aromatic nitrogens is 1. The molecular formula is C15H15NO2S. The van der Waals surface area contributed by atoms with E-state index in [-0.39, 0.29) is 0 Å². The van der Waals surface area contributed by atoms with Crippen molar-refractivity contribution < 1.29 is 9.90 Å². The summed E-state index contributed by atoms with van der Waals surface area (Å²) in [5, 5.41) is 10.4. The first-order valence-electron chi connectivity index (χ1n) is 6.32. The Morgan fingerprint density at radius 2 is 2.05 bits per heavy atom. The fraction of sp³-hybridized carbons (Fsp3) is 0.333. The molecule has 4 heteroatoms. The van der Waals surface area contributed by atoms with E-state index >= 15 is 0 Å². The van der Waals surface area contributed by atoms with Crippen molar-refractivity contribution in [3.63, 3.8) is 0 Å². The van der Waals surface area contributed by atoms with Gasteiger partial charge in [-0.15, -0.1) is 0 Å². The highest BCUT2D eigenvalue weighted by atomic mass is 32.2. The third-order valence-corrected chi connectivity index (χ3v) is 4.66. The van der Waals surface area contributed by atoms with Crippen LogP contribution in [-0.2, 0) is 12.2 Å². The van der Waals surface area contributed by atoms with Crippen molar-refractivity contribution in [2.75, 3.05) is 5.75 Å². The van der Waals surface area contributed by atoms with Crippen LogP contribution in [-0.4, -0.2) is 21.8 Å². The van der Waals surface area contributed by atoms with Gasteiger partial charge in [0.1, 0.15) is 0 Å². The lowest BCUT2D eigenvalue weighted by atomic mass is 9.95. The number of aryl methyl sites for hydroxylation is 3. The molecule has 0 amide bonds. The van der Waals surface area contributed by atoms with Crippen molar-refractivity contribution in [2.24, 2.45) is 0 Å². The van der Waals surface area contributed by atoms with E-state index in [0.29, 0.717) is 5.56 Å². The molecule has 0 unspecified atom stereocenters. The molecule has 1 N–H and O–H groups in total. The Hall–Kier alpha value is -1.55. The van der Waals surface area contributed by atoms with Gasteiger partial charge in [0.25, 0.3) is 0 Å². The molecule has 3 rings (SSSR count). The summed E-state index contributed by atoms with van der Waals surface area (Å²) < 4.78 is 0. The summed E-state index contributed by atoms with van der Waals surface area (Å²) in [4.78, 5) is 16.5. The SMILES string of the molecule is Cc1ccc(C)c2c(C(=O)O)c3c(nc12)CCSC3. The highest BCUT2D eigenvalue weighted by Crippen LogP contribution is 2.33. The average molecular weight is 273 g/mol. The van der Waals surface area contributed by atoms with E-state index in [0.717, 1.165) is 51.2 Å². The highest BCUT2D eigenvalue weighted by Gasteiger charge is 2.23. The maximum Gasteiger partial charge on any atom is 0.336 e. The third-order valence-electron chi connectivity index (χ3n) is 3.68. The van der Waals surface area contributed by atoms with Crippen molar-refractivity contribution in [3.8, 4) is 0 Å². The molecule has 0 saturated carbocycles. The summed E-state index contributed by atoms with van der Waals surface area (Å²) in [6, 6.07) is 3.99. The number of fused-ring (bicyclic) bond motifs is 2. The molecule has 1 aromatic heterocycles. The zero-order valence-electron chi connectivity index (χ0n) is 11.0. The quantitative estimate of drug-likeness (QED) is 0.865. The summed E-state index contributed by atoms with van der Waals surface area (Å²) in [6.07, 6.45) is 0.865. The van der Waals surface area contributed by atoms with E-state index in [1.54, 1.807) is 11.8 Å². The number of carboxylic acid groups (broad SMARTS) is 1. The number of hydrogen-bond donors (Lipinski definition) is 1. The van der Waals surface area contributed by atoms with Gasteiger partial charge in [-0.2, -0.15) is 11.8 Å². The van der Waals surface area contributed by atoms with Crippen molar-refractivity contribution in [2.45, 2.75) is 26.0 Å². The van der Waals surface area contributed by atoms with Gasteiger partial charge in [-0.3, -0.25) is 4.98 Å². The molecule has 1 aromatic carbocycles. The largest absolute Gasteiger partial charge is 0.478 e. The summed E-state index contributed by atoms with van der Waals surface area (Å²) >= 11 is 1.78. The van der Waals surface area contributed by atoms with Gasteiger partial charge < -0.3 is 5.11 Å². The smallest absolute Gasteiger partial charge is 0.336 e. The number of thioether (sulfide) groups is 1. The van der Waals surface area contributed by atoms with Crippen LogP contribution in [0, 0.1) is 13.8 Å². The number of pyridine rings is 1. The lowest BCUT2D eigenvalue weighted by Gasteiger charge is -2.20. The summed E-state index contributed by atoms with van der Waals surface area (Å²) in [5.41, 5.74) is 5.24. The van der Waals surface area contributed by atoms with Crippen molar-refractivity contribution in [3.05, 3.63) is 40.1 Å². The first-order valence-corrected chi connectivity index (χ1v) is 7.47. The molecular weight excluding hydrogens is 258 g/mol. The molecule has 19 heavy (non-hydrogen) atoms. The number of carbonyl (C=O) groups is 1. The molecule has 0 saturated heterocycles. The summed E-state index contributed by atoms with van der Waals surface area (Å²) in [5.74, 6) is 0.947. The number of rotatable bonds is 1. The van der Waals surface area contributed by atoms with Crippen LogP contribution < -0.4 is 0 Å². The van der Waals surface area contributed by atoms with E-state index in [4.69, 9.17) is 4.98 Å². The van der Waals surface area contributed by atoms with Gasteiger partial charge in [0.2, 0.25) is 0 Å². The minimum absolute atomic E-state index is 0.466. The summed E-state index contributed by atoms with van der Waals surface area (Å²) in [7, 11) is 0. The molecule has 1 aliphatic rings. The number of hydrogen-bond acceptors (Lipinski definition) is 3. The van der Waals surface area contributed by atoms with Gasteiger partial charge in [-0.1, -0.05) is 12.1 Å². The molecule has 0 bridgehead atoms. The molecule has 98 valence electrons. The Labute approximate surface area is 116 Å². The maximum atomic E-state index is 11.7. The van der Waals surface area contributed by atoms with E-state index in [2.05, 4.69) is 0 Å². The predicted molar refractivity (Wildman–Crippen MR) is 78.0 cm³/mol. The van der Waals surface area contributed by atoms with Crippen LogP contribution in [0.5, 0.6) is 0 Å². The van der Waals surface area contributed by atoms with Crippen LogP contribution in [0.2, 0.25) is 0 Å². The number of aromatic carboxylic acids is 1. The van der Waals surface area contributed by atoms with Crippen LogP contribution in [0.4, 0.5) is 0 Å². The fourth-order valence-electron chi connectivity index (χ4n) is 2.69. The van der Waals surface area contributed by atoms with E-state index < -0.39 is 5.97 Å². The van der Waals surface area contributed by atoms with Crippen LogP contribution >= 0.6 is 11.8 Å². The molecule has 2 heterocycles. The van der Waals surface area contributed by atoms with E-state index in [1.807, 2.05) is 26.0 Å². The Balaban J connectivity index is 2.50. The van der Waals surface area contributed by atoms with E-state index in [1.165, 1.54) is 0 Å². The standard InChI is InChI=1S/C15H15NO2S/c1-8-3-4-9(2)14-12(8)13(15(17)18)10-7-19-6-5-11(10)16-14/h3-4H,5-7H2,1-2H3,(H,17,18). The Morgan fingerprint density at radius 1 is 1.32 bits per heavy atom. The second-order valence-corrected chi connectivity index (χ2v) is 6.05. The van der Waals surface area contributed by atoms with Crippen molar-refractivity contribution in [1.29, 1.82) is 0 Å². The number of benzene rings is 1. The first-order chi connectivity index (χ1) is 9.09. The first kappa shape index (κ1) is 12.5. The Kier molecular flexibility index (Phi) is 2.97. The minimum Gasteiger partial charge on any atom is -0.478 e. The van der Waals surface area contributed by atoms with Crippen LogP contribution in [0.15, 0.2) is 12.1 Å². The van der Waals surface area contributed by atoms with Crippen molar-refractivity contribution >= 4 is 28.6 Å². The van der Waals surface area contributed by atoms with Gasteiger partial charge in [0, 0.05) is 16.8 Å². The third kappa shape index (κ3) is 1.91. The van der Waals surface area contributed by atoms with Gasteiger partial charge in [0.05, 0.1) is 11.1 Å². The predicted octanol–water partition coefficient (Wildman–Crippen LogP) is 3.34. The topological polar surface area (TPSA) is 50.2 Å². The van der Waals surface area contributed by atoms with Gasteiger partial charge in [-0.25, -0.2) is 4.79 Å². The normalized spacial score (nSPS) is 14.4. The Morgan fingerprint density at radius 3 is 2.79 bits per heavy atom. The van der Waals surface area contributed by atoms with Crippen LogP contribution in [0.3, 0.4) is 0 Å². The van der Waals surface area contributed by atoms with Gasteiger partial charge in [-0.05, 0) is 42.7 Å². The highest BCUT2D eigenvalue weighted by molar-refractivity contribution is 7.98. The lowest BCUT2D eigenvalue weighted by Crippen LogP contribution is -2.14. The lowest BCUT2D eigenvalue weighted by molar-refractivity contribution is 0.0698. The van der Waals surface area contributed by atoms with Crippen LogP contribution in [0.1, 0.15) is 32.7 Å². The fourth-order valence-corrected chi connectivity index (χ4v) is 3.69. The molecule has 0 spiro atoms. The van der Waals surface area contributed by atoms with E-state index in [9.17, 15) is 9.90 Å². The maximum absolute atomic E-state index is 11.7. The molecule has 0 atom stereocenters. The molecule has 0 aliphatic carbocycles. The molecule has 0 radical (unpaired) electrons. The van der Waals surface area contributed by atoms with Gasteiger partial charge >= 0.3 is 5.97 Å². The monoisotopic (exact) mass is 273 g/mol.